The second kappa shape index (κ2) is 13.3. The number of anilines is 1. The molecule has 1 aromatic rings. The molecule has 0 atom stereocenters. The van der Waals surface area contributed by atoms with Gasteiger partial charge in [-0.2, -0.15) is 0 Å². The Morgan fingerprint density at radius 1 is 1.00 bits per heavy atom. The summed E-state index contributed by atoms with van der Waals surface area (Å²) in [7, 11) is 0. The normalized spacial score (nSPS) is 6.00. The molecule has 0 aliphatic heterocycles. The zero-order valence-electron chi connectivity index (χ0n) is 6.47. The van der Waals surface area contributed by atoms with Crippen molar-refractivity contribution in [2.45, 2.75) is 0 Å². The van der Waals surface area contributed by atoms with Crippen LogP contribution in [-0.4, -0.2) is 9.97 Å². The second-order valence-electron chi connectivity index (χ2n) is 0.961. The van der Waals surface area contributed by atoms with Gasteiger partial charge in [0.2, 0.25) is 0 Å². The van der Waals surface area contributed by atoms with Crippen LogP contribution in [0.2, 0.25) is 0 Å². The molecule has 0 amide bonds. The standard InChI is InChI=1S/C4H2N3.3Rb/c5-4-1-6-3-7-2-4;;;/h5H2;;;/q-3;3*+1. The first-order valence-corrected chi connectivity index (χ1v) is 1.68. The number of nitrogens with two attached hydrogens (primary N) is 1. The Labute approximate surface area is 207 Å². The van der Waals surface area contributed by atoms with E-state index in [9.17, 15) is 0 Å². The van der Waals surface area contributed by atoms with Crippen molar-refractivity contribution < 1.29 is 175 Å². The molecule has 1 rings (SSSR count). The van der Waals surface area contributed by atoms with E-state index in [1.807, 2.05) is 0 Å². The van der Waals surface area contributed by atoms with Gasteiger partial charge in [0.05, 0.1) is 0 Å². The van der Waals surface area contributed by atoms with E-state index >= 15 is 0 Å². The molecule has 0 aromatic carbocycles. The monoisotopic (exact) mass is 347 g/mol. The van der Waals surface area contributed by atoms with Crippen molar-refractivity contribution in [3.63, 3.8) is 0 Å². The van der Waals surface area contributed by atoms with Gasteiger partial charge in [-0.15, -0.1) is 0 Å². The van der Waals surface area contributed by atoms with Gasteiger partial charge in [0, 0.05) is 0 Å². The summed E-state index contributed by atoms with van der Waals surface area (Å²) in [4.78, 5) is 6.73. The molecule has 6 heteroatoms. The van der Waals surface area contributed by atoms with Crippen LogP contribution in [0.15, 0.2) is 0 Å². The molecule has 2 N–H and O–H groups in total. The predicted molar refractivity (Wildman–Crippen MR) is 23.0 cm³/mol. The molecular weight excluding hydrogens is 346 g/mol. The van der Waals surface area contributed by atoms with Crippen LogP contribution in [-0.2, 0) is 0 Å². The third kappa shape index (κ3) is 10.4. The maximum Gasteiger partial charge on any atom is 1.00 e. The van der Waals surface area contributed by atoms with E-state index in [0.717, 1.165) is 0 Å². The second-order valence-corrected chi connectivity index (χ2v) is 0.961. The van der Waals surface area contributed by atoms with Crippen molar-refractivity contribution >= 4 is 5.69 Å². The first kappa shape index (κ1) is 19.8. The van der Waals surface area contributed by atoms with Crippen molar-refractivity contribution in [2.24, 2.45) is 0 Å². The molecule has 0 aliphatic carbocycles. The van der Waals surface area contributed by atoms with Crippen molar-refractivity contribution in [2.75, 3.05) is 5.73 Å². The third-order valence-corrected chi connectivity index (χ3v) is 0.453. The quantitative estimate of drug-likeness (QED) is 0.474. The molecule has 1 heterocycles. The van der Waals surface area contributed by atoms with Crippen LogP contribution in [0.1, 0.15) is 0 Å². The molecule has 0 saturated heterocycles. The van der Waals surface area contributed by atoms with E-state index in [1.165, 1.54) is 0 Å². The largest absolute Gasteiger partial charge is 1.00 e. The van der Waals surface area contributed by atoms with E-state index in [2.05, 4.69) is 28.7 Å². The molecular formula is C4H2N3Rb3. The van der Waals surface area contributed by atoms with Crippen LogP contribution in [0.3, 0.4) is 0 Å². The minimum atomic E-state index is 0. The maximum atomic E-state index is 5.10. The fourth-order valence-corrected chi connectivity index (χ4v) is 0.220. The summed E-state index contributed by atoms with van der Waals surface area (Å²) in [5, 5.41) is 0. The van der Waals surface area contributed by atoms with Crippen LogP contribution in [0.4, 0.5) is 5.69 Å². The topological polar surface area (TPSA) is 51.8 Å². The summed E-state index contributed by atoms with van der Waals surface area (Å²) in [6.45, 7) is 0. The van der Waals surface area contributed by atoms with Crippen molar-refractivity contribution in [3.8, 4) is 0 Å². The number of hydrogen-bond acceptors (Lipinski definition) is 3. The average molecular weight is 348 g/mol. The average Bonchev–Trinajstić information content (AvgIpc) is 1.69. The van der Waals surface area contributed by atoms with Crippen LogP contribution in [0.5, 0.6) is 0 Å². The molecule has 10 heavy (non-hydrogen) atoms. The van der Waals surface area contributed by atoms with Crippen molar-refractivity contribution in [1.29, 1.82) is 0 Å². The van der Waals surface area contributed by atoms with Gasteiger partial charge in [0.25, 0.3) is 0 Å². The van der Waals surface area contributed by atoms with Crippen LogP contribution >= 0.6 is 0 Å². The Kier molecular flexibility index (Phi) is 26.3. The smallest absolute Gasteiger partial charge is 0.662 e. The van der Waals surface area contributed by atoms with Crippen LogP contribution in [0, 0.1) is 18.7 Å². The van der Waals surface area contributed by atoms with Gasteiger partial charge in [-0.3, -0.25) is 0 Å². The fourth-order valence-electron chi connectivity index (χ4n) is 0.220. The summed E-state index contributed by atoms with van der Waals surface area (Å²) in [6, 6.07) is 0. The summed E-state index contributed by atoms with van der Waals surface area (Å²) < 4.78 is 0. The minimum absolute atomic E-state index is 0. The van der Waals surface area contributed by atoms with Gasteiger partial charge in [0.1, 0.15) is 0 Å². The van der Waals surface area contributed by atoms with Gasteiger partial charge >= 0.3 is 175 Å². The first-order valence-electron chi connectivity index (χ1n) is 1.68. The SMILES string of the molecule is Nc1[c-]n[c-]n[c-]1.[Rb+].[Rb+].[Rb+]. The molecule has 0 saturated carbocycles. The molecule has 3 nitrogen and oxygen atoms in total. The third-order valence-electron chi connectivity index (χ3n) is 0.453. The Morgan fingerprint density at radius 2 is 1.40 bits per heavy atom. The Bertz CT molecular complexity index is 146. The molecule has 1 aromatic heterocycles. The van der Waals surface area contributed by atoms with Gasteiger partial charge in [-0.05, 0) is 0 Å². The van der Waals surface area contributed by atoms with Crippen LogP contribution in [0.25, 0.3) is 0 Å². The first-order chi connectivity index (χ1) is 3.39. The number of rotatable bonds is 0. The molecule has 0 unspecified atom stereocenters. The van der Waals surface area contributed by atoms with E-state index in [-0.39, 0.29) is 175 Å². The van der Waals surface area contributed by atoms with Crippen molar-refractivity contribution in [3.05, 3.63) is 18.7 Å². The summed E-state index contributed by atoms with van der Waals surface area (Å²) in [6.07, 6.45) is 7.01. The van der Waals surface area contributed by atoms with Gasteiger partial charge in [-0.25, -0.2) is 0 Å². The maximum absolute atomic E-state index is 5.10. The number of hydrogen-bond donors (Lipinski definition) is 1. The molecule has 0 spiro atoms. The van der Waals surface area contributed by atoms with E-state index in [4.69, 9.17) is 5.73 Å². The van der Waals surface area contributed by atoms with E-state index in [0.29, 0.717) is 5.69 Å². The molecule has 36 valence electrons. The summed E-state index contributed by atoms with van der Waals surface area (Å²) in [5.74, 6) is 0. The van der Waals surface area contributed by atoms with E-state index in [1.54, 1.807) is 0 Å². The van der Waals surface area contributed by atoms with Gasteiger partial charge < -0.3 is 40.1 Å². The predicted octanol–water partition coefficient (Wildman–Crippen LogP) is -9.53. The Morgan fingerprint density at radius 3 is 1.60 bits per heavy atom. The van der Waals surface area contributed by atoms with Gasteiger partial charge in [0.15, 0.2) is 0 Å². The summed E-state index contributed by atoms with van der Waals surface area (Å²) in [5.41, 5.74) is 5.42. The molecule has 0 aliphatic rings. The van der Waals surface area contributed by atoms with Gasteiger partial charge in [-0.1, -0.05) is 0 Å². The van der Waals surface area contributed by atoms with Crippen LogP contribution < -0.4 is 180 Å². The zero-order chi connectivity index (χ0) is 5.11. The Hall–Kier alpha value is 4.30. The number of nitrogen functional groups attached to an aromatic ring is 1. The molecule has 0 radical (unpaired) electrons. The van der Waals surface area contributed by atoms with E-state index < -0.39 is 0 Å². The molecule has 0 bridgehead atoms. The Balaban J connectivity index is -0.000000163. The summed E-state index contributed by atoms with van der Waals surface area (Å²) >= 11 is 0. The number of aromatic nitrogens is 2. The number of nitrogens with zero attached hydrogens (tertiary/aromatic N) is 2. The molecule has 0 fully saturated rings. The zero-order valence-corrected chi connectivity index (χ0v) is 21.2. The minimum Gasteiger partial charge on any atom is -0.662 e. The van der Waals surface area contributed by atoms with Crippen molar-refractivity contribution in [1.82, 2.24) is 9.97 Å². The fraction of sp³-hybridized carbons (Fsp3) is 0.